The third-order valence-electron chi connectivity index (χ3n) is 2.84. The standard InChI is InChI=1S/C14H24N4O/c1-4-5-10-16-14(17-15)18(2)11-12-6-8-13(19-3)9-7-12/h6-9H,4-5,10-11,15H2,1-3H3,(H,16,17). The predicted molar refractivity (Wildman–Crippen MR) is 79.0 cm³/mol. The third-order valence-corrected chi connectivity index (χ3v) is 2.84. The van der Waals surface area contributed by atoms with Gasteiger partial charge in [-0.1, -0.05) is 25.5 Å². The number of hydrogen-bond acceptors (Lipinski definition) is 3. The number of benzene rings is 1. The first-order valence-corrected chi connectivity index (χ1v) is 6.56. The van der Waals surface area contributed by atoms with Gasteiger partial charge in [0.15, 0.2) is 0 Å². The zero-order valence-corrected chi connectivity index (χ0v) is 12.0. The molecule has 3 N–H and O–H groups in total. The Labute approximate surface area is 115 Å². The van der Waals surface area contributed by atoms with Crippen molar-refractivity contribution in [2.45, 2.75) is 26.3 Å². The van der Waals surface area contributed by atoms with E-state index in [1.807, 2.05) is 36.2 Å². The van der Waals surface area contributed by atoms with Gasteiger partial charge < -0.3 is 9.64 Å². The molecule has 0 aromatic heterocycles. The lowest BCUT2D eigenvalue weighted by Crippen LogP contribution is -2.42. The Balaban J connectivity index is 2.59. The largest absolute Gasteiger partial charge is 0.497 e. The highest BCUT2D eigenvalue weighted by Crippen LogP contribution is 2.12. The lowest BCUT2D eigenvalue weighted by Gasteiger charge is -2.20. The summed E-state index contributed by atoms with van der Waals surface area (Å²) in [7, 11) is 3.63. The number of unbranched alkanes of at least 4 members (excludes halogenated alkanes) is 1. The lowest BCUT2D eigenvalue weighted by molar-refractivity contribution is 0.414. The molecule has 5 heteroatoms. The van der Waals surface area contributed by atoms with E-state index in [1.54, 1.807) is 7.11 Å². The molecule has 0 aliphatic heterocycles. The maximum absolute atomic E-state index is 5.51. The average Bonchev–Trinajstić information content (AvgIpc) is 2.44. The highest BCUT2D eigenvalue weighted by atomic mass is 16.5. The molecule has 0 saturated carbocycles. The number of ether oxygens (including phenoxy) is 1. The molecule has 0 saturated heterocycles. The van der Waals surface area contributed by atoms with Gasteiger partial charge >= 0.3 is 0 Å². The number of nitrogens with two attached hydrogens (primary N) is 1. The summed E-state index contributed by atoms with van der Waals surface area (Å²) >= 11 is 0. The van der Waals surface area contributed by atoms with Crippen LogP contribution >= 0.6 is 0 Å². The van der Waals surface area contributed by atoms with Crippen molar-refractivity contribution in [3.8, 4) is 5.75 Å². The van der Waals surface area contributed by atoms with E-state index in [2.05, 4.69) is 17.3 Å². The van der Waals surface area contributed by atoms with Gasteiger partial charge in [0.2, 0.25) is 5.96 Å². The number of nitrogens with one attached hydrogen (secondary N) is 1. The minimum Gasteiger partial charge on any atom is -0.497 e. The van der Waals surface area contributed by atoms with Crippen molar-refractivity contribution in [3.05, 3.63) is 29.8 Å². The Morgan fingerprint density at radius 1 is 1.37 bits per heavy atom. The van der Waals surface area contributed by atoms with Crippen LogP contribution in [0.25, 0.3) is 0 Å². The van der Waals surface area contributed by atoms with E-state index in [4.69, 9.17) is 10.6 Å². The molecule has 1 aromatic rings. The second-order valence-corrected chi connectivity index (χ2v) is 4.41. The van der Waals surface area contributed by atoms with Gasteiger partial charge in [0.1, 0.15) is 5.75 Å². The summed E-state index contributed by atoms with van der Waals surface area (Å²) in [5, 5.41) is 0. The number of hydrogen-bond donors (Lipinski definition) is 2. The van der Waals surface area contributed by atoms with E-state index in [0.717, 1.165) is 31.7 Å². The predicted octanol–water partition coefficient (Wildman–Crippen LogP) is 1.75. The molecule has 5 nitrogen and oxygen atoms in total. The molecular formula is C14H24N4O. The average molecular weight is 264 g/mol. The van der Waals surface area contributed by atoms with Gasteiger partial charge in [-0.25, -0.2) is 5.84 Å². The van der Waals surface area contributed by atoms with E-state index >= 15 is 0 Å². The molecule has 0 atom stereocenters. The van der Waals surface area contributed by atoms with Crippen molar-refractivity contribution in [2.75, 3.05) is 20.7 Å². The van der Waals surface area contributed by atoms with Crippen molar-refractivity contribution >= 4 is 5.96 Å². The van der Waals surface area contributed by atoms with E-state index in [9.17, 15) is 0 Å². The van der Waals surface area contributed by atoms with E-state index < -0.39 is 0 Å². The Morgan fingerprint density at radius 3 is 2.58 bits per heavy atom. The highest BCUT2D eigenvalue weighted by molar-refractivity contribution is 5.79. The summed E-state index contributed by atoms with van der Waals surface area (Å²) in [4.78, 5) is 6.44. The quantitative estimate of drug-likeness (QED) is 0.270. The van der Waals surface area contributed by atoms with Crippen LogP contribution in [0.2, 0.25) is 0 Å². The molecule has 0 heterocycles. The Hall–Kier alpha value is -1.75. The van der Waals surface area contributed by atoms with Crippen molar-refractivity contribution in [3.63, 3.8) is 0 Å². The second-order valence-electron chi connectivity index (χ2n) is 4.41. The Bertz CT molecular complexity index is 389. The number of rotatable bonds is 6. The van der Waals surface area contributed by atoms with Crippen LogP contribution in [-0.2, 0) is 6.54 Å². The topological polar surface area (TPSA) is 62.9 Å². The molecule has 0 unspecified atom stereocenters. The van der Waals surface area contributed by atoms with Crippen molar-refractivity contribution in [1.82, 2.24) is 10.3 Å². The summed E-state index contributed by atoms with van der Waals surface area (Å²) in [6, 6.07) is 7.98. The zero-order valence-electron chi connectivity index (χ0n) is 12.0. The van der Waals surface area contributed by atoms with Gasteiger partial charge in [-0.15, -0.1) is 0 Å². The van der Waals surface area contributed by atoms with Gasteiger partial charge in [-0.3, -0.25) is 10.4 Å². The molecule has 1 aromatic carbocycles. The molecule has 0 aliphatic rings. The van der Waals surface area contributed by atoms with Crippen LogP contribution in [0.3, 0.4) is 0 Å². The smallest absolute Gasteiger partial charge is 0.208 e. The summed E-state index contributed by atoms with van der Waals surface area (Å²) in [6.45, 7) is 3.69. The normalized spacial score (nSPS) is 11.3. The minimum absolute atomic E-state index is 0.712. The third kappa shape index (κ3) is 5.18. The molecule has 1 rings (SSSR count). The number of methoxy groups -OCH3 is 1. The van der Waals surface area contributed by atoms with Crippen LogP contribution in [0.5, 0.6) is 5.75 Å². The van der Waals surface area contributed by atoms with Crippen LogP contribution in [0.1, 0.15) is 25.3 Å². The maximum Gasteiger partial charge on any atom is 0.208 e. The number of nitrogens with zero attached hydrogens (tertiary/aromatic N) is 2. The van der Waals surface area contributed by atoms with Gasteiger partial charge in [0.25, 0.3) is 0 Å². The van der Waals surface area contributed by atoms with Gasteiger partial charge in [0, 0.05) is 20.1 Å². The molecule has 0 fully saturated rings. The van der Waals surface area contributed by atoms with Gasteiger partial charge in [-0.2, -0.15) is 0 Å². The Morgan fingerprint density at radius 2 is 2.05 bits per heavy atom. The molecule has 106 valence electrons. The molecule has 0 spiro atoms. The zero-order chi connectivity index (χ0) is 14.1. The molecule has 19 heavy (non-hydrogen) atoms. The molecule has 0 aliphatic carbocycles. The number of aliphatic imine (C=N–C) groups is 1. The molecule has 0 amide bonds. The van der Waals surface area contributed by atoms with Crippen molar-refractivity contribution < 1.29 is 4.74 Å². The number of hydrazine groups is 1. The maximum atomic E-state index is 5.51. The first-order chi connectivity index (χ1) is 9.21. The highest BCUT2D eigenvalue weighted by Gasteiger charge is 2.05. The van der Waals surface area contributed by atoms with E-state index in [0.29, 0.717) is 5.96 Å². The van der Waals surface area contributed by atoms with E-state index in [1.165, 1.54) is 5.56 Å². The SMILES string of the molecule is CCCCN=C(NN)N(C)Cc1ccc(OC)cc1. The first kappa shape index (κ1) is 15.3. The summed E-state index contributed by atoms with van der Waals surface area (Å²) < 4.78 is 5.14. The monoisotopic (exact) mass is 264 g/mol. The summed E-state index contributed by atoms with van der Waals surface area (Å²) in [5.41, 5.74) is 3.84. The van der Waals surface area contributed by atoms with Crippen LogP contribution in [0, 0.1) is 0 Å². The summed E-state index contributed by atoms with van der Waals surface area (Å²) in [6.07, 6.45) is 2.20. The molecule has 0 bridgehead atoms. The fraction of sp³-hybridized carbons (Fsp3) is 0.500. The van der Waals surface area contributed by atoms with Crippen molar-refractivity contribution in [2.24, 2.45) is 10.8 Å². The van der Waals surface area contributed by atoms with Crippen LogP contribution in [-0.4, -0.2) is 31.6 Å². The molecule has 0 radical (unpaired) electrons. The minimum atomic E-state index is 0.712. The second kappa shape index (κ2) is 8.37. The van der Waals surface area contributed by atoms with Crippen LogP contribution in [0.4, 0.5) is 0 Å². The summed E-state index contributed by atoms with van der Waals surface area (Å²) in [5.74, 6) is 7.09. The van der Waals surface area contributed by atoms with Crippen LogP contribution < -0.4 is 16.0 Å². The van der Waals surface area contributed by atoms with Crippen LogP contribution in [0.15, 0.2) is 29.3 Å². The number of guanidine groups is 1. The fourth-order valence-electron chi connectivity index (χ4n) is 1.70. The van der Waals surface area contributed by atoms with Gasteiger partial charge in [-0.05, 0) is 24.1 Å². The van der Waals surface area contributed by atoms with Crippen molar-refractivity contribution in [1.29, 1.82) is 0 Å². The molecular weight excluding hydrogens is 240 g/mol. The fourth-order valence-corrected chi connectivity index (χ4v) is 1.70. The first-order valence-electron chi connectivity index (χ1n) is 6.56. The lowest BCUT2D eigenvalue weighted by atomic mass is 10.2. The van der Waals surface area contributed by atoms with E-state index in [-0.39, 0.29) is 0 Å². The Kier molecular flexibility index (Phi) is 6.74. The van der Waals surface area contributed by atoms with Gasteiger partial charge in [0.05, 0.1) is 7.11 Å².